The average molecular weight is 443 g/mol. The van der Waals surface area contributed by atoms with E-state index in [0.29, 0.717) is 28.3 Å². The third-order valence-electron chi connectivity index (χ3n) is 4.99. The Labute approximate surface area is 184 Å². The Morgan fingerprint density at radius 3 is 2.31 bits per heavy atom. The Morgan fingerprint density at radius 1 is 1.03 bits per heavy atom. The van der Waals surface area contributed by atoms with E-state index in [-0.39, 0.29) is 12.5 Å². The van der Waals surface area contributed by atoms with Crippen LogP contribution in [0, 0.1) is 0 Å². The fourth-order valence-electron chi connectivity index (χ4n) is 3.30. The van der Waals surface area contributed by atoms with Gasteiger partial charge in [-0.2, -0.15) is 13.2 Å². The first-order chi connectivity index (χ1) is 15.3. The van der Waals surface area contributed by atoms with Crippen LogP contribution in [0.3, 0.4) is 0 Å². The first-order valence-electron chi connectivity index (χ1n) is 10.4. The van der Waals surface area contributed by atoms with Gasteiger partial charge in [0, 0.05) is 5.56 Å². The summed E-state index contributed by atoms with van der Waals surface area (Å²) in [6.07, 6.45) is -2.18. The van der Waals surface area contributed by atoms with Gasteiger partial charge in [0.05, 0.1) is 23.4 Å². The maximum atomic E-state index is 12.8. The molecule has 0 aliphatic rings. The molecule has 1 atom stereocenters. The van der Waals surface area contributed by atoms with Crippen molar-refractivity contribution in [1.29, 1.82) is 0 Å². The average Bonchev–Trinajstić information content (AvgIpc) is 2.77. The zero-order valence-electron chi connectivity index (χ0n) is 17.6. The van der Waals surface area contributed by atoms with Gasteiger partial charge < -0.3 is 9.84 Å². The molecule has 3 aromatic rings. The zero-order chi connectivity index (χ0) is 23.1. The van der Waals surface area contributed by atoms with Crippen LogP contribution in [-0.4, -0.2) is 16.1 Å². The van der Waals surface area contributed by atoms with Crippen molar-refractivity contribution in [2.75, 3.05) is 0 Å². The molecule has 3 rings (SSSR count). The highest BCUT2D eigenvalue weighted by molar-refractivity contribution is 5.70. The molecular formula is C25H24F3NO3. The molecule has 0 amide bonds. The van der Waals surface area contributed by atoms with Crippen LogP contribution in [0.25, 0.3) is 11.3 Å². The second-order valence-electron chi connectivity index (χ2n) is 7.49. The molecule has 0 aliphatic heterocycles. The number of nitrogens with zero attached hydrogens (tertiary/aromatic N) is 1. The van der Waals surface area contributed by atoms with Gasteiger partial charge in [0.1, 0.15) is 11.9 Å². The molecule has 168 valence electrons. The van der Waals surface area contributed by atoms with E-state index in [1.54, 1.807) is 30.3 Å². The Morgan fingerprint density at radius 2 is 1.72 bits per heavy atom. The number of alkyl halides is 3. The molecule has 0 bridgehead atoms. The summed E-state index contributed by atoms with van der Waals surface area (Å²) in [4.78, 5) is 15.5. The summed E-state index contributed by atoms with van der Waals surface area (Å²) in [6, 6.07) is 17.2. The van der Waals surface area contributed by atoms with Crippen LogP contribution in [0.4, 0.5) is 13.2 Å². The van der Waals surface area contributed by atoms with E-state index in [1.165, 1.54) is 12.1 Å². The second kappa shape index (κ2) is 10.3. The van der Waals surface area contributed by atoms with Crippen LogP contribution in [0.2, 0.25) is 0 Å². The summed E-state index contributed by atoms with van der Waals surface area (Å²) < 4.78 is 44.7. The number of hydrogen-bond donors (Lipinski definition) is 1. The summed E-state index contributed by atoms with van der Waals surface area (Å²) in [5.41, 5.74) is 1.82. The molecule has 32 heavy (non-hydrogen) atoms. The Hall–Kier alpha value is -3.35. The van der Waals surface area contributed by atoms with E-state index in [9.17, 15) is 18.0 Å². The quantitative estimate of drug-likeness (QED) is 0.400. The van der Waals surface area contributed by atoms with E-state index in [1.807, 2.05) is 12.1 Å². The summed E-state index contributed by atoms with van der Waals surface area (Å²) >= 11 is 0. The maximum Gasteiger partial charge on any atom is 0.416 e. The van der Waals surface area contributed by atoms with Crippen LogP contribution in [0.1, 0.15) is 49.1 Å². The minimum Gasteiger partial charge on any atom is -0.484 e. The molecular weight excluding hydrogens is 419 g/mol. The highest BCUT2D eigenvalue weighted by Gasteiger charge is 2.30. The number of carbonyl (C=O) groups is 1. The van der Waals surface area contributed by atoms with Gasteiger partial charge in [0.25, 0.3) is 0 Å². The largest absolute Gasteiger partial charge is 0.484 e. The molecule has 1 N–H and O–H groups in total. The van der Waals surface area contributed by atoms with Crippen molar-refractivity contribution in [3.8, 4) is 17.0 Å². The Balaban J connectivity index is 1.82. The molecule has 0 fully saturated rings. The predicted octanol–water partition coefficient (Wildman–Crippen LogP) is 6.70. The van der Waals surface area contributed by atoms with Crippen LogP contribution in [0.5, 0.6) is 5.75 Å². The number of halogens is 3. The molecule has 0 aliphatic carbocycles. The lowest BCUT2D eigenvalue weighted by molar-refractivity contribution is -0.138. The highest BCUT2D eigenvalue weighted by Crippen LogP contribution is 2.32. The highest BCUT2D eigenvalue weighted by atomic mass is 19.4. The number of ether oxygens (including phenoxy) is 1. The Kier molecular flexibility index (Phi) is 7.51. The van der Waals surface area contributed by atoms with Crippen molar-refractivity contribution in [2.45, 2.75) is 44.9 Å². The molecule has 1 heterocycles. The first kappa shape index (κ1) is 23.3. The fraction of sp³-hybridized carbons (Fsp3) is 0.280. The van der Waals surface area contributed by atoms with Gasteiger partial charge >= 0.3 is 12.1 Å². The molecule has 4 nitrogen and oxygen atoms in total. The summed E-state index contributed by atoms with van der Waals surface area (Å²) in [7, 11) is 0. The SMILES string of the molecule is CCCCC(Oc1ccc(CC(=O)O)cc1)c1cccc(-c2ccc(C(F)(F)F)cc2)n1. The smallest absolute Gasteiger partial charge is 0.416 e. The number of pyridine rings is 1. The van der Waals surface area contributed by atoms with Gasteiger partial charge in [-0.15, -0.1) is 0 Å². The number of unbranched alkanes of at least 4 members (excludes halogenated alkanes) is 1. The molecule has 1 unspecified atom stereocenters. The van der Waals surface area contributed by atoms with E-state index in [2.05, 4.69) is 11.9 Å². The molecule has 0 radical (unpaired) electrons. The van der Waals surface area contributed by atoms with Crippen LogP contribution < -0.4 is 4.74 Å². The maximum absolute atomic E-state index is 12.8. The van der Waals surface area contributed by atoms with Crippen LogP contribution in [-0.2, 0) is 17.4 Å². The number of rotatable bonds is 9. The van der Waals surface area contributed by atoms with E-state index in [4.69, 9.17) is 9.84 Å². The van der Waals surface area contributed by atoms with Crippen molar-refractivity contribution in [1.82, 2.24) is 4.98 Å². The van der Waals surface area contributed by atoms with Crippen molar-refractivity contribution < 1.29 is 27.8 Å². The predicted molar refractivity (Wildman–Crippen MR) is 115 cm³/mol. The Bertz CT molecular complexity index is 1030. The summed E-state index contributed by atoms with van der Waals surface area (Å²) in [6.45, 7) is 2.07. The molecule has 0 spiro atoms. The van der Waals surface area contributed by atoms with E-state index in [0.717, 1.165) is 31.4 Å². The van der Waals surface area contributed by atoms with Crippen molar-refractivity contribution in [3.05, 3.63) is 83.6 Å². The summed E-state index contributed by atoms with van der Waals surface area (Å²) in [5, 5.41) is 8.91. The lowest BCUT2D eigenvalue weighted by Crippen LogP contribution is -2.10. The van der Waals surface area contributed by atoms with Gasteiger partial charge in [0.2, 0.25) is 0 Å². The standard InChI is InChI=1S/C25H24F3NO3/c1-2-3-7-23(32-20-14-8-17(9-15-20)16-24(30)31)22-6-4-5-21(29-22)18-10-12-19(13-11-18)25(26,27)28/h4-6,8-15,23H,2-3,7,16H2,1H3,(H,30,31). The number of carboxylic acids is 1. The van der Waals surface area contributed by atoms with Gasteiger partial charge in [-0.3, -0.25) is 4.79 Å². The number of aliphatic carboxylic acids is 1. The lowest BCUT2D eigenvalue weighted by atomic mass is 10.1. The molecule has 2 aromatic carbocycles. The second-order valence-corrected chi connectivity index (χ2v) is 7.49. The fourth-order valence-corrected chi connectivity index (χ4v) is 3.30. The van der Waals surface area contributed by atoms with Crippen LogP contribution >= 0.6 is 0 Å². The lowest BCUT2D eigenvalue weighted by Gasteiger charge is -2.19. The first-order valence-corrected chi connectivity index (χ1v) is 10.4. The van der Waals surface area contributed by atoms with Gasteiger partial charge in [0.15, 0.2) is 0 Å². The van der Waals surface area contributed by atoms with Crippen molar-refractivity contribution >= 4 is 5.97 Å². The van der Waals surface area contributed by atoms with Crippen molar-refractivity contribution in [2.24, 2.45) is 0 Å². The monoisotopic (exact) mass is 443 g/mol. The van der Waals surface area contributed by atoms with E-state index < -0.39 is 17.7 Å². The topological polar surface area (TPSA) is 59.4 Å². The minimum absolute atomic E-state index is 0.0593. The minimum atomic E-state index is -4.38. The van der Waals surface area contributed by atoms with Gasteiger partial charge in [-0.1, -0.05) is 43.7 Å². The normalized spacial score (nSPS) is 12.4. The number of hydrogen-bond acceptors (Lipinski definition) is 3. The van der Waals surface area contributed by atoms with Gasteiger partial charge in [-0.05, 0) is 54.8 Å². The van der Waals surface area contributed by atoms with Crippen molar-refractivity contribution in [3.63, 3.8) is 0 Å². The molecule has 7 heteroatoms. The molecule has 0 saturated heterocycles. The third kappa shape index (κ3) is 6.33. The number of benzene rings is 2. The molecule has 1 aromatic heterocycles. The summed E-state index contributed by atoms with van der Waals surface area (Å²) in [5.74, 6) is -0.300. The van der Waals surface area contributed by atoms with Gasteiger partial charge in [-0.25, -0.2) is 4.98 Å². The number of carboxylic acid groups (broad SMARTS) is 1. The number of aromatic nitrogens is 1. The third-order valence-corrected chi connectivity index (χ3v) is 4.99. The van der Waals surface area contributed by atoms with Crippen LogP contribution in [0.15, 0.2) is 66.7 Å². The zero-order valence-corrected chi connectivity index (χ0v) is 17.6. The molecule has 0 saturated carbocycles. The van der Waals surface area contributed by atoms with E-state index >= 15 is 0 Å².